The number of sulfonamides is 1. The molecule has 43 heteroatoms. The van der Waals surface area contributed by atoms with Crippen molar-refractivity contribution in [2.24, 2.45) is 51.3 Å². The fourth-order valence-electron chi connectivity index (χ4n) is 14.1. The Morgan fingerprint density at radius 1 is 0.539 bits per heavy atom. The van der Waals surface area contributed by atoms with Crippen LogP contribution in [0.25, 0.3) is 56.3 Å². The fourth-order valence-corrected chi connectivity index (χ4v) is 15.9. The molecule has 0 spiro atoms. The standard InChI is InChI=1S/C21H23N7O5S.C18H22N6O4S.C18H23N3O4S.C15H24N6O4S/c22-34(30,31)32-11-14-6-16(7-17(14)29)33-21-18-20(23-12-24-21)27-19(26-18)15-8-25-28(10-15)9-13-4-2-1-3-5-13;1-24-17(11-5-3-2-4-6-11)23-15-16(20-10-21-18(15)24)22-13-7-12(14(25)8-13)9-28-29(19,26)27;19-26(23,24)7-6-14-9-16(11-17(14)22)25-18-10-15(20-12-21-18)8-13-4-2-1-3-5-13;1-15(2,3)14-20-11-12(17-7-18-13(11)21-14)19-9-4-8(10(22)5-9)6-25-26(16,23)24/h1-5,8,10,12,14,16-17,29H,6-7,9,11H2,(H2,22,30,31)(H,23,24,26,27);2-6,10,12-14,25H,7-9H2,1H3,(H2,19,26,27)(H,20,21,22);1-5,10,12,14,16-17,22H,6-9,11H2,(H2,19,23,24);7-10,22H,4-6H2,1-3H3,(H2,16,23,24)(H2,17,18,19,20,21)/t14-,16+,17-;12-,13+,14-;14-,16-,17+;8-,9+,10-/m0010/s1. The molecule has 39 nitrogen and oxygen atoms in total. The molecule has 616 valence electrons. The average molecular weight is 1670 g/mol. The minimum absolute atomic E-state index is 0.0847. The molecule has 12 atom stereocenters. The Kier molecular flexibility index (Phi) is 26.9. The molecule has 15 rings (SSSR count). The van der Waals surface area contributed by atoms with E-state index >= 15 is 0 Å². The van der Waals surface area contributed by atoms with Crippen LogP contribution in [0.4, 0.5) is 11.6 Å². The summed E-state index contributed by atoms with van der Waals surface area (Å²) in [5.74, 6) is 2.74. The van der Waals surface area contributed by atoms with Crippen molar-refractivity contribution in [2.45, 2.75) is 146 Å². The molecule has 8 heterocycles. The summed E-state index contributed by atoms with van der Waals surface area (Å²) in [6, 6.07) is 31.4. The zero-order chi connectivity index (χ0) is 82.0. The van der Waals surface area contributed by atoms with Crippen LogP contribution in [0.3, 0.4) is 0 Å². The Hall–Kier alpha value is -9.84. The molecule has 4 aliphatic rings. The number of hydrogen-bond donors (Lipinski definition) is 12. The second-order valence-corrected chi connectivity index (χ2v) is 35.1. The Morgan fingerprint density at radius 3 is 1.67 bits per heavy atom. The molecular formula is C72H92N22O17S4. The number of nitrogens with one attached hydrogen (secondary N) is 4. The smallest absolute Gasteiger partial charge is 0.333 e. The number of hydrogen-bond acceptors (Lipinski definition) is 31. The maximum atomic E-state index is 11.1. The van der Waals surface area contributed by atoms with E-state index in [0.29, 0.717) is 133 Å². The molecule has 4 saturated carbocycles. The Balaban J connectivity index is 0.000000143. The predicted molar refractivity (Wildman–Crippen MR) is 420 cm³/mol. The number of fused-ring (bicyclic) bond motifs is 3. The number of aliphatic hydroxyl groups excluding tert-OH is 4. The number of rotatable bonds is 26. The molecule has 115 heavy (non-hydrogen) atoms. The molecule has 0 bridgehead atoms. The van der Waals surface area contributed by atoms with Gasteiger partial charge in [0.25, 0.3) is 0 Å². The molecule has 16 N–H and O–H groups in total. The minimum Gasteiger partial charge on any atom is -0.474 e. The number of ether oxygens (including phenoxy) is 2. The van der Waals surface area contributed by atoms with Crippen LogP contribution >= 0.6 is 0 Å². The van der Waals surface area contributed by atoms with E-state index in [1.54, 1.807) is 12.3 Å². The van der Waals surface area contributed by atoms with E-state index in [1.807, 2.05) is 113 Å². The van der Waals surface area contributed by atoms with Crippen LogP contribution in [0.15, 0.2) is 135 Å². The zero-order valence-corrected chi connectivity index (χ0v) is 66.3. The van der Waals surface area contributed by atoms with Gasteiger partial charge in [-0.15, -0.1) is 0 Å². The molecule has 4 fully saturated rings. The first-order valence-electron chi connectivity index (χ1n) is 36.7. The maximum Gasteiger partial charge on any atom is 0.333 e. The summed E-state index contributed by atoms with van der Waals surface area (Å²) in [4.78, 5) is 54.2. The highest BCUT2D eigenvalue weighted by atomic mass is 32.2. The number of aromatic amines is 2. The van der Waals surface area contributed by atoms with Gasteiger partial charge in [0.2, 0.25) is 21.8 Å². The first kappa shape index (κ1) is 84.6. The van der Waals surface area contributed by atoms with Gasteiger partial charge >= 0.3 is 30.9 Å². The van der Waals surface area contributed by atoms with E-state index < -0.39 is 71.3 Å². The summed E-state index contributed by atoms with van der Waals surface area (Å²) in [6.07, 6.45) is 10.7. The Bertz CT molecular complexity index is 5580. The maximum absolute atomic E-state index is 11.1. The first-order valence-corrected chi connectivity index (χ1v) is 42.9. The molecule has 0 unspecified atom stereocenters. The monoisotopic (exact) mass is 1660 g/mol. The van der Waals surface area contributed by atoms with Gasteiger partial charge in [0.05, 0.1) is 74.0 Å². The van der Waals surface area contributed by atoms with Gasteiger partial charge < -0.3 is 55.1 Å². The summed E-state index contributed by atoms with van der Waals surface area (Å²) in [5.41, 5.74) is 8.29. The van der Waals surface area contributed by atoms with Gasteiger partial charge in [-0.3, -0.25) is 17.2 Å². The van der Waals surface area contributed by atoms with Gasteiger partial charge in [0.1, 0.15) is 66.0 Å². The van der Waals surface area contributed by atoms with Crippen molar-refractivity contribution < 1.29 is 76.1 Å². The Labute approximate surface area is 662 Å². The molecule has 8 aromatic heterocycles. The summed E-state index contributed by atoms with van der Waals surface area (Å²) in [7, 11) is -13.7. The summed E-state index contributed by atoms with van der Waals surface area (Å²) in [5, 5.41) is 71.4. The quantitative estimate of drug-likeness (QED) is 0.0369. The van der Waals surface area contributed by atoms with Gasteiger partial charge in [0, 0.05) is 79.4 Å². The average Bonchev–Trinajstić information content (AvgIpc) is 1.63. The number of H-pyrrole nitrogens is 2. The third-order valence-corrected chi connectivity index (χ3v) is 22.1. The lowest BCUT2D eigenvalue weighted by atomic mass is 9.96. The minimum atomic E-state index is -4.07. The van der Waals surface area contributed by atoms with Gasteiger partial charge in [-0.1, -0.05) is 112 Å². The second-order valence-electron chi connectivity index (χ2n) is 29.7. The predicted octanol–water partition coefficient (Wildman–Crippen LogP) is 3.49. The number of benzene rings is 3. The number of aliphatic hydroxyl groups is 4. The van der Waals surface area contributed by atoms with E-state index in [4.69, 9.17) is 35.0 Å². The summed E-state index contributed by atoms with van der Waals surface area (Å²) >= 11 is 0. The van der Waals surface area contributed by atoms with Crippen LogP contribution in [0.2, 0.25) is 0 Å². The van der Waals surface area contributed by atoms with Crippen LogP contribution in [0.5, 0.6) is 11.8 Å². The lowest BCUT2D eigenvalue weighted by molar-refractivity contribution is 0.0984. The highest BCUT2D eigenvalue weighted by molar-refractivity contribution is 7.89. The zero-order valence-electron chi connectivity index (χ0n) is 63.0. The van der Waals surface area contributed by atoms with E-state index in [0.717, 1.165) is 39.6 Å². The van der Waals surface area contributed by atoms with Crippen LogP contribution in [0, 0.1) is 23.7 Å². The summed E-state index contributed by atoms with van der Waals surface area (Å²) < 4.78 is 118. The highest BCUT2D eigenvalue weighted by Gasteiger charge is 2.39. The van der Waals surface area contributed by atoms with Crippen LogP contribution in [-0.2, 0) is 78.9 Å². The van der Waals surface area contributed by atoms with Crippen molar-refractivity contribution in [3.05, 3.63) is 157 Å². The third kappa shape index (κ3) is 23.9. The van der Waals surface area contributed by atoms with Crippen molar-refractivity contribution in [1.29, 1.82) is 0 Å². The highest BCUT2D eigenvalue weighted by Crippen LogP contribution is 2.37. The first-order chi connectivity index (χ1) is 54.6. The van der Waals surface area contributed by atoms with Crippen molar-refractivity contribution in [2.75, 3.05) is 36.2 Å². The van der Waals surface area contributed by atoms with Gasteiger partial charge in [-0.2, -0.15) is 35.3 Å². The number of imidazole rings is 3. The number of anilines is 2. The third-order valence-electron chi connectivity index (χ3n) is 19.9. The number of nitrogens with two attached hydrogens (primary N) is 4. The van der Waals surface area contributed by atoms with E-state index in [1.165, 1.54) is 25.3 Å². The SMILES string of the molecule is CC(C)(C)c1nc2ncnc(N[C@@H]3C[C@@H](COS(N)(=O)=O)[C@@H](O)C3)c2[nH]1.Cn1c(-c2ccccc2)nc2c(N[C@@H]3C[C@@H](COS(N)(=O)=O)[C@@H](O)C3)ncnc21.NS(=O)(=O)CC[C@@H]1C[C@@H](Oc2cc(Cc3ccccc3)ncn2)C[C@@H]1O.NS(=O)(=O)OC[C@@H]1C[C@@H](Oc2ncnc3nc(-c4cnn(Cc5ccccc5)c4)[nH]c23)C[C@@H]1O. The molecule has 11 aromatic rings. The second kappa shape index (κ2) is 36.5. The number of primary sulfonamides is 1. The Morgan fingerprint density at radius 2 is 1.06 bits per heavy atom. The lowest BCUT2D eigenvalue weighted by Gasteiger charge is -2.14. The number of aryl methyl sites for hydroxylation is 1. The largest absolute Gasteiger partial charge is 0.474 e. The van der Waals surface area contributed by atoms with Crippen LogP contribution < -0.4 is 40.7 Å². The summed E-state index contributed by atoms with van der Waals surface area (Å²) in [6.45, 7) is 6.28. The van der Waals surface area contributed by atoms with Crippen molar-refractivity contribution in [3.8, 4) is 34.5 Å². The molecule has 0 saturated heterocycles. The number of nitrogens with zero attached hydrogens (tertiary/aromatic N) is 14. The molecule has 0 radical (unpaired) electrons. The number of aromatic nitrogens is 16. The van der Waals surface area contributed by atoms with Crippen molar-refractivity contribution in [1.82, 2.24) is 79.1 Å². The topological polar surface area (TPSA) is 588 Å². The van der Waals surface area contributed by atoms with E-state index in [-0.39, 0.29) is 73.0 Å². The van der Waals surface area contributed by atoms with Crippen LogP contribution in [-0.4, -0.2) is 208 Å². The molecular weight excluding hydrogens is 1570 g/mol. The van der Waals surface area contributed by atoms with E-state index in [9.17, 15) is 54.1 Å². The van der Waals surface area contributed by atoms with Gasteiger partial charge in [-0.25, -0.2) is 78.8 Å². The molecule has 0 aliphatic heterocycles. The molecule has 0 amide bonds. The van der Waals surface area contributed by atoms with Crippen LogP contribution in [0.1, 0.15) is 101 Å². The molecule has 3 aromatic carbocycles. The van der Waals surface area contributed by atoms with E-state index in [2.05, 4.69) is 109 Å². The van der Waals surface area contributed by atoms with Crippen molar-refractivity contribution in [3.63, 3.8) is 0 Å². The lowest BCUT2D eigenvalue weighted by Crippen LogP contribution is -2.24. The molecule has 4 aliphatic carbocycles. The van der Waals surface area contributed by atoms with Crippen molar-refractivity contribution >= 4 is 86.1 Å². The fraction of sp³-hybridized carbons (Fsp3) is 0.444. The normalized spacial score (nSPS) is 22.4. The van der Waals surface area contributed by atoms with Gasteiger partial charge in [0.15, 0.2) is 34.1 Å². The van der Waals surface area contributed by atoms with Gasteiger partial charge in [-0.05, 0) is 62.0 Å².